The molecule has 0 radical (unpaired) electrons. The fraction of sp³-hybridized carbons (Fsp3) is 0.562. The molecule has 3 atom stereocenters. The maximum atomic E-state index is 10.8. The third-order valence-corrected chi connectivity index (χ3v) is 4.36. The lowest BCUT2D eigenvalue weighted by molar-refractivity contribution is 0.0793. The minimum atomic E-state index is -0.538. The molecule has 2 fully saturated rings. The van der Waals surface area contributed by atoms with Gasteiger partial charge in [-0.1, -0.05) is 12.1 Å². The Bertz CT molecular complexity index is 499. The predicted molar refractivity (Wildman–Crippen MR) is 82.1 cm³/mol. The van der Waals surface area contributed by atoms with Crippen LogP contribution >= 0.6 is 0 Å². The van der Waals surface area contributed by atoms with Crippen LogP contribution in [0.25, 0.3) is 0 Å². The molecule has 3 unspecified atom stereocenters. The number of amides is 2. The van der Waals surface area contributed by atoms with E-state index in [-0.39, 0.29) is 6.04 Å². The van der Waals surface area contributed by atoms with Crippen molar-refractivity contribution >= 4 is 11.7 Å². The molecule has 21 heavy (non-hydrogen) atoms. The minimum absolute atomic E-state index is 0.264. The van der Waals surface area contributed by atoms with Crippen LogP contribution in [0.2, 0.25) is 0 Å². The first-order valence-corrected chi connectivity index (χ1v) is 7.67. The van der Waals surface area contributed by atoms with Gasteiger partial charge in [0.25, 0.3) is 0 Å². The maximum Gasteiger partial charge on any atom is 0.316 e. The van der Waals surface area contributed by atoms with Crippen molar-refractivity contribution < 1.29 is 9.53 Å². The van der Waals surface area contributed by atoms with Crippen LogP contribution in [-0.4, -0.2) is 24.8 Å². The van der Waals surface area contributed by atoms with Gasteiger partial charge in [-0.05, 0) is 49.8 Å². The second-order valence-electron chi connectivity index (χ2n) is 6.07. The molecule has 0 aromatic heterocycles. The molecule has 0 bridgehead atoms. The summed E-state index contributed by atoms with van der Waals surface area (Å²) >= 11 is 0. The first kappa shape index (κ1) is 14.4. The Morgan fingerprint density at radius 3 is 2.62 bits per heavy atom. The van der Waals surface area contributed by atoms with E-state index in [1.165, 1.54) is 18.4 Å². The zero-order chi connectivity index (χ0) is 14.8. The normalized spacial score (nSPS) is 26.5. The Morgan fingerprint density at radius 1 is 1.29 bits per heavy atom. The molecule has 2 aliphatic rings. The second-order valence-corrected chi connectivity index (χ2v) is 6.07. The van der Waals surface area contributed by atoms with Crippen LogP contribution in [0.1, 0.15) is 37.8 Å². The Labute approximate surface area is 125 Å². The van der Waals surface area contributed by atoms with E-state index in [1.807, 2.05) is 24.3 Å². The van der Waals surface area contributed by atoms with Crippen molar-refractivity contribution in [2.75, 3.05) is 11.9 Å². The molecule has 1 saturated heterocycles. The highest BCUT2D eigenvalue weighted by Crippen LogP contribution is 2.39. The van der Waals surface area contributed by atoms with Crippen molar-refractivity contribution in [3.63, 3.8) is 0 Å². The average molecular weight is 289 g/mol. The minimum Gasteiger partial charge on any atom is -0.376 e. The summed E-state index contributed by atoms with van der Waals surface area (Å²) in [6.45, 7) is 3.03. The zero-order valence-electron chi connectivity index (χ0n) is 12.3. The van der Waals surface area contributed by atoms with E-state index in [4.69, 9.17) is 10.5 Å². The van der Waals surface area contributed by atoms with Gasteiger partial charge in [0.15, 0.2) is 0 Å². The van der Waals surface area contributed by atoms with Gasteiger partial charge >= 0.3 is 6.03 Å². The van der Waals surface area contributed by atoms with Gasteiger partial charge in [0.05, 0.1) is 6.10 Å². The Balaban J connectivity index is 1.59. The van der Waals surface area contributed by atoms with Crippen LogP contribution in [-0.2, 0) is 4.74 Å². The molecule has 1 aliphatic heterocycles. The first-order valence-electron chi connectivity index (χ1n) is 7.67. The number of anilines is 1. The van der Waals surface area contributed by atoms with E-state index < -0.39 is 6.03 Å². The summed E-state index contributed by atoms with van der Waals surface area (Å²) < 4.78 is 5.87. The number of urea groups is 1. The van der Waals surface area contributed by atoms with Crippen LogP contribution < -0.4 is 16.4 Å². The number of hydrogen-bond donors (Lipinski definition) is 3. The number of carbonyl (C=O) groups is 1. The van der Waals surface area contributed by atoms with Gasteiger partial charge < -0.3 is 21.1 Å². The van der Waals surface area contributed by atoms with E-state index >= 15 is 0 Å². The molecule has 0 spiro atoms. The average Bonchev–Trinajstić information content (AvgIpc) is 3.19. The summed E-state index contributed by atoms with van der Waals surface area (Å²) in [5, 5.41) is 6.26. The largest absolute Gasteiger partial charge is 0.376 e. The molecule has 1 heterocycles. The fourth-order valence-electron chi connectivity index (χ4n) is 3.09. The van der Waals surface area contributed by atoms with Gasteiger partial charge in [0.2, 0.25) is 0 Å². The monoisotopic (exact) mass is 289 g/mol. The SMILES string of the molecule is CC(NC1CCOC1C1CC1)c1ccc(NC(N)=O)cc1. The van der Waals surface area contributed by atoms with Crippen LogP contribution in [0, 0.1) is 5.92 Å². The number of nitrogens with one attached hydrogen (secondary N) is 2. The van der Waals surface area contributed by atoms with Crippen molar-refractivity contribution in [1.82, 2.24) is 5.32 Å². The van der Waals surface area contributed by atoms with E-state index in [0.717, 1.165) is 24.6 Å². The number of primary amides is 1. The van der Waals surface area contributed by atoms with Crippen LogP contribution in [0.4, 0.5) is 10.5 Å². The smallest absolute Gasteiger partial charge is 0.316 e. The summed E-state index contributed by atoms with van der Waals surface area (Å²) in [4.78, 5) is 10.8. The van der Waals surface area contributed by atoms with E-state index in [0.29, 0.717) is 12.1 Å². The summed E-state index contributed by atoms with van der Waals surface area (Å²) in [6, 6.07) is 7.97. The Hall–Kier alpha value is -1.59. The lowest BCUT2D eigenvalue weighted by Gasteiger charge is -2.24. The van der Waals surface area contributed by atoms with E-state index in [2.05, 4.69) is 17.6 Å². The standard InChI is InChI=1S/C16H23N3O2/c1-10(11-4-6-13(7-5-11)19-16(17)20)18-14-8-9-21-15(14)12-2-3-12/h4-7,10,12,14-15,18H,2-3,8-9H2,1H3,(H3,17,19,20). The van der Waals surface area contributed by atoms with E-state index in [9.17, 15) is 4.79 Å². The highest BCUT2D eigenvalue weighted by atomic mass is 16.5. The molecule has 114 valence electrons. The second kappa shape index (κ2) is 6.03. The highest BCUT2D eigenvalue weighted by Gasteiger charge is 2.40. The predicted octanol–water partition coefficient (Wildman–Crippen LogP) is 2.40. The molecule has 5 nitrogen and oxygen atoms in total. The molecule has 1 aliphatic carbocycles. The van der Waals surface area contributed by atoms with E-state index in [1.54, 1.807) is 0 Å². The van der Waals surface area contributed by atoms with Crippen molar-refractivity contribution in [2.24, 2.45) is 11.7 Å². The van der Waals surface area contributed by atoms with Gasteiger partial charge in [-0.25, -0.2) is 4.79 Å². The molecule has 1 saturated carbocycles. The first-order chi connectivity index (χ1) is 10.1. The molecule has 1 aromatic carbocycles. The van der Waals surface area contributed by atoms with Gasteiger partial charge in [-0.3, -0.25) is 0 Å². The van der Waals surface area contributed by atoms with Gasteiger partial charge in [0.1, 0.15) is 0 Å². The molecule has 5 heteroatoms. The van der Waals surface area contributed by atoms with Crippen LogP contribution in [0.5, 0.6) is 0 Å². The fourth-order valence-corrected chi connectivity index (χ4v) is 3.09. The third kappa shape index (κ3) is 3.54. The lowest BCUT2D eigenvalue weighted by Crippen LogP contribution is -2.39. The summed E-state index contributed by atoms with van der Waals surface area (Å²) in [7, 11) is 0. The third-order valence-electron chi connectivity index (χ3n) is 4.36. The lowest BCUT2D eigenvalue weighted by atomic mass is 10.0. The number of nitrogens with two attached hydrogens (primary N) is 1. The van der Waals surface area contributed by atoms with Crippen molar-refractivity contribution in [3.05, 3.63) is 29.8 Å². The number of rotatable bonds is 5. The number of benzene rings is 1. The topological polar surface area (TPSA) is 76.4 Å². The van der Waals surface area contributed by atoms with Crippen LogP contribution in [0.3, 0.4) is 0 Å². The highest BCUT2D eigenvalue weighted by molar-refractivity contribution is 5.87. The quantitative estimate of drug-likeness (QED) is 0.779. The molecular formula is C16H23N3O2. The number of hydrogen-bond acceptors (Lipinski definition) is 3. The van der Waals surface area contributed by atoms with Gasteiger partial charge in [-0.2, -0.15) is 0 Å². The number of carbonyl (C=O) groups excluding carboxylic acids is 1. The molecule has 2 amide bonds. The molecular weight excluding hydrogens is 266 g/mol. The molecule has 4 N–H and O–H groups in total. The van der Waals surface area contributed by atoms with Crippen molar-refractivity contribution in [1.29, 1.82) is 0 Å². The summed E-state index contributed by atoms with van der Waals surface area (Å²) in [5.74, 6) is 0.763. The Morgan fingerprint density at radius 2 is 2.00 bits per heavy atom. The summed E-state index contributed by atoms with van der Waals surface area (Å²) in [5.41, 5.74) is 7.03. The van der Waals surface area contributed by atoms with Gasteiger partial charge in [0, 0.05) is 24.4 Å². The molecule has 1 aromatic rings. The van der Waals surface area contributed by atoms with Crippen molar-refractivity contribution in [3.8, 4) is 0 Å². The summed E-state index contributed by atoms with van der Waals surface area (Å²) in [6.07, 6.45) is 4.10. The van der Waals surface area contributed by atoms with Gasteiger partial charge in [-0.15, -0.1) is 0 Å². The molecule has 3 rings (SSSR count). The number of ether oxygens (including phenoxy) is 1. The Kier molecular flexibility index (Phi) is 4.12. The maximum absolute atomic E-state index is 10.8. The van der Waals surface area contributed by atoms with Crippen molar-refractivity contribution in [2.45, 2.75) is 44.4 Å². The zero-order valence-corrected chi connectivity index (χ0v) is 12.3. The van der Waals surface area contributed by atoms with Crippen LogP contribution in [0.15, 0.2) is 24.3 Å².